The molecule has 0 amide bonds. The first kappa shape index (κ1) is 29.4. The minimum absolute atomic E-state index is 0. The predicted molar refractivity (Wildman–Crippen MR) is 97.4 cm³/mol. The van der Waals surface area contributed by atoms with Crippen LogP contribution in [0.2, 0.25) is 13.1 Å². The second-order valence-electron chi connectivity index (χ2n) is 7.36. The van der Waals surface area contributed by atoms with E-state index in [1.165, 1.54) is 22.3 Å². The van der Waals surface area contributed by atoms with Crippen molar-refractivity contribution in [3.05, 3.63) is 46.6 Å². The van der Waals surface area contributed by atoms with Gasteiger partial charge in [0.05, 0.1) is 0 Å². The van der Waals surface area contributed by atoms with Crippen LogP contribution in [-0.4, -0.2) is 5.43 Å². The van der Waals surface area contributed by atoms with Crippen LogP contribution in [0.3, 0.4) is 0 Å². The summed E-state index contributed by atoms with van der Waals surface area (Å²) in [7, 11) is 0. The molecule has 0 saturated carbocycles. The summed E-state index contributed by atoms with van der Waals surface area (Å²) in [5, 5.41) is 0. The standard InChI is InChI=1S/C10H15.C8H11.C2H6Si.2ClH.Zr/c1-8-5-6-9(7-8)10(2,3)4;1-6-4-7(2)8(3)5-6;1-3-2;;;/h7H,6H2,1-4H3;4,6H,1-3H3;1-2H3;2*1H;/q2*-1;;;;+2/p-2. The van der Waals surface area contributed by atoms with Crippen LogP contribution in [0.5, 0.6) is 0 Å². The number of halogens is 2. The minimum Gasteiger partial charge on any atom is -1.00 e. The van der Waals surface area contributed by atoms with Gasteiger partial charge < -0.3 is 24.8 Å². The molecule has 2 aliphatic carbocycles. The van der Waals surface area contributed by atoms with Crippen molar-refractivity contribution >= 4 is 5.43 Å². The molecule has 136 valence electrons. The van der Waals surface area contributed by atoms with Gasteiger partial charge in [-0.3, -0.25) is 12.2 Å². The molecule has 2 aliphatic rings. The van der Waals surface area contributed by atoms with Gasteiger partial charge in [0.2, 0.25) is 0 Å². The summed E-state index contributed by atoms with van der Waals surface area (Å²) in [5.41, 5.74) is 6.05. The number of hydrogen-bond donors (Lipinski definition) is 0. The summed E-state index contributed by atoms with van der Waals surface area (Å²) < 4.78 is 0. The summed E-state index contributed by atoms with van der Waals surface area (Å²) in [5.74, 6) is 0.551. The molecule has 24 heavy (non-hydrogen) atoms. The van der Waals surface area contributed by atoms with E-state index in [9.17, 15) is 0 Å². The Labute approximate surface area is 178 Å². The summed E-state index contributed by atoms with van der Waals surface area (Å²) in [4.78, 5) is 0. The smallest absolute Gasteiger partial charge is 1.00 e. The fourth-order valence-electron chi connectivity index (χ4n) is 2.08. The Hall–Kier alpha value is 0.640. The zero-order valence-corrected chi connectivity index (χ0v) is 21.7. The third-order valence-corrected chi connectivity index (χ3v) is 3.45. The Bertz CT molecular complexity index is 498. The van der Waals surface area contributed by atoms with Gasteiger partial charge in [-0.15, -0.1) is 13.3 Å². The average Bonchev–Trinajstić information content (AvgIpc) is 2.85. The van der Waals surface area contributed by atoms with Gasteiger partial charge in [-0.05, 0) is 5.41 Å². The van der Waals surface area contributed by atoms with E-state index in [0.717, 1.165) is 6.42 Å². The van der Waals surface area contributed by atoms with Crippen molar-refractivity contribution in [3.8, 4) is 0 Å². The largest absolute Gasteiger partial charge is 1.00 e. The third kappa shape index (κ3) is 13.9. The molecule has 0 heterocycles. The second kappa shape index (κ2) is 13.8. The molecule has 0 nitrogen and oxygen atoms in total. The average molecular weight is 463 g/mol. The fourth-order valence-corrected chi connectivity index (χ4v) is 2.08. The number of rotatable bonds is 0. The topological polar surface area (TPSA) is 0 Å². The van der Waals surface area contributed by atoms with Crippen LogP contribution in [0.15, 0.2) is 34.4 Å². The zero-order chi connectivity index (χ0) is 17.5. The van der Waals surface area contributed by atoms with Crippen LogP contribution < -0.4 is 24.8 Å². The van der Waals surface area contributed by atoms with Gasteiger partial charge in [0.15, 0.2) is 0 Å². The van der Waals surface area contributed by atoms with Crippen molar-refractivity contribution in [3.63, 3.8) is 0 Å². The van der Waals surface area contributed by atoms with Gasteiger partial charge in [-0.25, -0.2) is 22.8 Å². The minimum atomic E-state index is 0. The van der Waals surface area contributed by atoms with Crippen LogP contribution >= 0.6 is 0 Å². The van der Waals surface area contributed by atoms with Crippen LogP contribution in [0.4, 0.5) is 0 Å². The van der Waals surface area contributed by atoms with Crippen molar-refractivity contribution in [2.75, 3.05) is 0 Å². The third-order valence-electron chi connectivity index (χ3n) is 3.45. The number of hydrogen-bond acceptors (Lipinski definition) is 0. The normalized spacial score (nSPS) is 18.2. The molecule has 1 unspecified atom stereocenters. The second-order valence-corrected chi connectivity index (χ2v) is 16.7. The van der Waals surface area contributed by atoms with E-state index in [0.29, 0.717) is 11.3 Å². The van der Waals surface area contributed by atoms with E-state index < -0.39 is 0 Å². The van der Waals surface area contributed by atoms with E-state index in [2.05, 4.69) is 85.9 Å². The van der Waals surface area contributed by atoms with E-state index in [4.69, 9.17) is 0 Å². The van der Waals surface area contributed by atoms with Crippen LogP contribution in [-0.2, 0) is 23.3 Å². The molecule has 2 rings (SSSR count). The zero-order valence-electron chi connectivity index (χ0n) is 16.7. The van der Waals surface area contributed by atoms with Gasteiger partial charge in [0, 0.05) is 0 Å². The van der Waals surface area contributed by atoms with E-state index >= 15 is 0 Å². The predicted octanol–water partition coefficient (Wildman–Crippen LogP) is 0.236. The molecule has 0 saturated heterocycles. The Morgan fingerprint density at radius 1 is 1.12 bits per heavy atom. The molecule has 0 aromatic heterocycles. The molecule has 0 aliphatic heterocycles. The van der Waals surface area contributed by atoms with Crippen molar-refractivity contribution in [2.24, 2.45) is 11.3 Å². The van der Waals surface area contributed by atoms with E-state index in [1.54, 1.807) is 23.3 Å². The van der Waals surface area contributed by atoms with E-state index in [1.807, 2.05) is 0 Å². The molecule has 0 aromatic rings. The number of allylic oxidation sites excluding steroid dienone is 8. The van der Waals surface area contributed by atoms with Gasteiger partial charge >= 0.3 is 41.9 Å². The van der Waals surface area contributed by atoms with Crippen LogP contribution in [0, 0.1) is 23.5 Å². The molecule has 0 radical (unpaired) electrons. The molecular formula is C20H32Cl2SiZr-2. The quantitative estimate of drug-likeness (QED) is 0.357. The summed E-state index contributed by atoms with van der Waals surface area (Å²) >= 11 is 1.74. The molecule has 0 spiro atoms. The van der Waals surface area contributed by atoms with Crippen molar-refractivity contribution in [1.29, 1.82) is 0 Å². The van der Waals surface area contributed by atoms with E-state index in [-0.39, 0.29) is 30.2 Å². The molecule has 4 heteroatoms. The SMILES string of the molecule is CC1=[C-]C(C)C=C1C.CC1=[C-]CC(C(C)(C)C)=C1.C[Si](C)=[Zr+2].[Cl-].[Cl-]. The fraction of sp³-hybridized carbons (Fsp3) is 0.600. The molecule has 0 N–H and O–H groups in total. The summed E-state index contributed by atoms with van der Waals surface area (Å²) in [6, 6.07) is 0. The summed E-state index contributed by atoms with van der Waals surface area (Å²) in [6.07, 6.45) is 12.1. The van der Waals surface area contributed by atoms with Gasteiger partial charge in [0.25, 0.3) is 0 Å². The Balaban J connectivity index is -0.000000286. The first-order chi connectivity index (χ1) is 9.93. The van der Waals surface area contributed by atoms with Crippen LogP contribution in [0.1, 0.15) is 54.9 Å². The first-order valence-corrected chi connectivity index (χ1v) is 14.2. The molecule has 0 fully saturated rings. The van der Waals surface area contributed by atoms with Crippen molar-refractivity contribution in [2.45, 2.75) is 68.0 Å². The first-order valence-electron chi connectivity index (χ1n) is 8.02. The Morgan fingerprint density at radius 3 is 1.71 bits per heavy atom. The van der Waals surface area contributed by atoms with Crippen LogP contribution in [0.25, 0.3) is 0 Å². The van der Waals surface area contributed by atoms with Crippen molar-refractivity contribution < 1.29 is 48.1 Å². The molecule has 0 aromatic carbocycles. The van der Waals surface area contributed by atoms with Crippen molar-refractivity contribution in [1.82, 2.24) is 0 Å². The Morgan fingerprint density at radius 2 is 1.58 bits per heavy atom. The maximum absolute atomic E-state index is 3.30. The van der Waals surface area contributed by atoms with Gasteiger partial charge in [-0.1, -0.05) is 47.5 Å². The molecular weight excluding hydrogens is 430 g/mol. The van der Waals surface area contributed by atoms with Gasteiger partial charge in [0.1, 0.15) is 0 Å². The monoisotopic (exact) mass is 460 g/mol. The Kier molecular flexibility index (Phi) is 16.9. The summed E-state index contributed by atoms with van der Waals surface area (Å²) in [6.45, 7) is 19.9. The molecule has 1 atom stereocenters. The maximum Gasteiger partial charge on any atom is -1.00 e. The molecule has 0 bridgehead atoms. The van der Waals surface area contributed by atoms with Gasteiger partial charge in [-0.2, -0.15) is 11.6 Å². The maximum atomic E-state index is 3.30.